The number of hydrogen-bond acceptors (Lipinski definition) is 6. The quantitative estimate of drug-likeness (QED) is 0.295. The number of hydrogen-bond donors (Lipinski definition) is 4. The van der Waals surface area contributed by atoms with Crippen LogP contribution in [0.15, 0.2) is 76.7 Å². The Balaban J connectivity index is 1.26. The largest absolute Gasteiger partial charge is 0.469 e. The fourth-order valence-electron chi connectivity index (χ4n) is 3.05. The molecule has 34 heavy (non-hydrogen) atoms. The van der Waals surface area contributed by atoms with Gasteiger partial charge in [0.1, 0.15) is 5.76 Å². The van der Waals surface area contributed by atoms with Crippen molar-refractivity contribution in [2.24, 2.45) is 0 Å². The summed E-state index contributed by atoms with van der Waals surface area (Å²) >= 11 is 1.24. The zero-order valence-electron chi connectivity index (χ0n) is 18.1. The van der Waals surface area contributed by atoms with Crippen LogP contribution in [0.2, 0.25) is 0 Å². The van der Waals surface area contributed by atoms with Gasteiger partial charge in [0.2, 0.25) is 5.91 Å². The van der Waals surface area contributed by atoms with Gasteiger partial charge in [-0.3, -0.25) is 14.9 Å². The van der Waals surface area contributed by atoms with Gasteiger partial charge in [-0.2, -0.15) is 0 Å². The van der Waals surface area contributed by atoms with Crippen molar-refractivity contribution in [2.75, 3.05) is 21.3 Å². The highest BCUT2D eigenvalue weighted by atomic mass is 32.1. The number of anilines is 4. The Hall–Kier alpha value is -4.44. The number of aromatic nitrogens is 1. The number of amides is 4. The molecular weight excluding hydrogens is 454 g/mol. The summed E-state index contributed by atoms with van der Waals surface area (Å²) in [5.41, 5.74) is 2.82. The van der Waals surface area contributed by atoms with Crippen molar-refractivity contribution in [3.05, 3.63) is 89.3 Å². The van der Waals surface area contributed by atoms with Gasteiger partial charge in [0.25, 0.3) is 5.91 Å². The molecule has 0 spiro atoms. The molecule has 0 saturated carbocycles. The molecule has 0 radical (unpaired) electrons. The van der Waals surface area contributed by atoms with Crippen LogP contribution in [0.25, 0.3) is 0 Å². The first-order valence-corrected chi connectivity index (χ1v) is 11.2. The molecule has 0 aliphatic carbocycles. The van der Waals surface area contributed by atoms with Gasteiger partial charge in [0, 0.05) is 22.4 Å². The average Bonchev–Trinajstić information content (AvgIpc) is 3.44. The molecule has 9 nitrogen and oxygen atoms in total. The molecule has 4 rings (SSSR count). The number of carbonyl (C=O) groups excluding carboxylic acids is 3. The summed E-state index contributed by atoms with van der Waals surface area (Å²) in [5.74, 6) is -0.0502. The van der Waals surface area contributed by atoms with Gasteiger partial charge in [0.05, 0.1) is 23.9 Å². The number of thiazole rings is 1. The van der Waals surface area contributed by atoms with Crippen LogP contribution in [0.4, 0.5) is 27.0 Å². The highest BCUT2D eigenvalue weighted by molar-refractivity contribution is 7.14. The van der Waals surface area contributed by atoms with Crippen LogP contribution in [0.1, 0.15) is 21.8 Å². The Morgan fingerprint density at radius 3 is 2.15 bits per heavy atom. The minimum atomic E-state index is -0.364. The second-order valence-corrected chi connectivity index (χ2v) is 8.09. The zero-order valence-corrected chi connectivity index (χ0v) is 18.9. The van der Waals surface area contributed by atoms with Crippen molar-refractivity contribution >= 4 is 51.4 Å². The fourth-order valence-corrected chi connectivity index (χ4v) is 3.76. The first-order valence-electron chi connectivity index (χ1n) is 10.3. The lowest BCUT2D eigenvalue weighted by Crippen LogP contribution is -2.19. The summed E-state index contributed by atoms with van der Waals surface area (Å²) in [6.45, 7) is 1.70. The van der Waals surface area contributed by atoms with E-state index in [0.29, 0.717) is 39.2 Å². The first kappa shape index (κ1) is 22.7. The number of aryl methyl sites for hydroxylation is 1. The van der Waals surface area contributed by atoms with Gasteiger partial charge in [-0.05, 0) is 49.4 Å². The van der Waals surface area contributed by atoms with Gasteiger partial charge >= 0.3 is 6.03 Å². The Bertz CT molecular complexity index is 1300. The summed E-state index contributed by atoms with van der Waals surface area (Å²) in [5, 5.41) is 13.1. The maximum absolute atomic E-state index is 12.4. The molecule has 10 heteroatoms. The molecule has 0 bridgehead atoms. The number of nitrogens with one attached hydrogen (secondary N) is 4. The van der Waals surface area contributed by atoms with Crippen molar-refractivity contribution in [3.8, 4) is 0 Å². The van der Waals surface area contributed by atoms with E-state index in [1.165, 1.54) is 17.6 Å². The van der Waals surface area contributed by atoms with E-state index in [-0.39, 0.29) is 24.3 Å². The minimum absolute atomic E-state index is 0.0522. The van der Waals surface area contributed by atoms with Crippen molar-refractivity contribution in [1.82, 2.24) is 4.98 Å². The fraction of sp³-hybridized carbons (Fsp3) is 0.0833. The summed E-state index contributed by atoms with van der Waals surface area (Å²) < 4.78 is 5.13. The topological polar surface area (TPSA) is 125 Å². The molecule has 0 saturated heterocycles. The molecule has 2 heterocycles. The molecule has 0 fully saturated rings. The average molecular weight is 476 g/mol. The molecule has 4 amide bonds. The third-order valence-corrected chi connectivity index (χ3v) is 5.48. The van der Waals surface area contributed by atoms with Crippen molar-refractivity contribution in [2.45, 2.75) is 13.3 Å². The third-order valence-electron chi connectivity index (χ3n) is 4.68. The summed E-state index contributed by atoms with van der Waals surface area (Å²) in [6, 6.07) is 17.1. The normalized spacial score (nSPS) is 10.4. The second-order valence-electron chi connectivity index (χ2n) is 7.24. The number of benzene rings is 2. The molecule has 0 atom stereocenters. The first-order chi connectivity index (χ1) is 16.5. The summed E-state index contributed by atoms with van der Waals surface area (Å²) in [7, 11) is 0. The maximum atomic E-state index is 12.4. The molecule has 172 valence electrons. The van der Waals surface area contributed by atoms with Gasteiger partial charge in [-0.1, -0.05) is 18.2 Å². The molecule has 0 aliphatic rings. The predicted molar refractivity (Wildman–Crippen MR) is 131 cm³/mol. The van der Waals surface area contributed by atoms with Gasteiger partial charge < -0.3 is 20.4 Å². The monoisotopic (exact) mass is 475 g/mol. The highest BCUT2D eigenvalue weighted by Crippen LogP contribution is 2.19. The van der Waals surface area contributed by atoms with E-state index >= 15 is 0 Å². The third kappa shape index (κ3) is 6.08. The molecule has 0 aliphatic heterocycles. The molecule has 0 unspecified atom stereocenters. The SMILES string of the molecule is Cc1occc1C(=O)Nc1nc(CC(=O)Nc2ccc(NC(=O)Nc3ccccc3)cc2)cs1. The van der Waals surface area contributed by atoms with Gasteiger partial charge in [0.15, 0.2) is 5.13 Å². The number of rotatable bonds is 7. The van der Waals surface area contributed by atoms with Crippen molar-refractivity contribution < 1.29 is 18.8 Å². The van der Waals surface area contributed by atoms with Crippen molar-refractivity contribution in [1.29, 1.82) is 0 Å². The van der Waals surface area contributed by atoms with E-state index in [1.807, 2.05) is 18.2 Å². The van der Waals surface area contributed by atoms with Crippen LogP contribution in [-0.2, 0) is 11.2 Å². The maximum Gasteiger partial charge on any atom is 0.323 e. The smallest absolute Gasteiger partial charge is 0.323 e. The van der Waals surface area contributed by atoms with E-state index < -0.39 is 0 Å². The molecule has 4 N–H and O–H groups in total. The van der Waals surface area contributed by atoms with Crippen LogP contribution < -0.4 is 21.3 Å². The van der Waals surface area contributed by atoms with Crippen LogP contribution in [0.3, 0.4) is 0 Å². The highest BCUT2D eigenvalue weighted by Gasteiger charge is 2.14. The molecule has 2 aromatic heterocycles. The number of urea groups is 1. The number of furan rings is 1. The predicted octanol–water partition coefficient (Wildman–Crippen LogP) is 5.12. The Morgan fingerprint density at radius 2 is 1.50 bits per heavy atom. The number of carbonyl (C=O) groups is 3. The Kier molecular flexibility index (Phi) is 6.99. The summed E-state index contributed by atoms with van der Waals surface area (Å²) in [4.78, 5) is 41.0. The lowest BCUT2D eigenvalue weighted by Gasteiger charge is -2.09. The Labute approximate surface area is 199 Å². The second kappa shape index (κ2) is 10.5. The van der Waals surface area contributed by atoms with Crippen LogP contribution in [0.5, 0.6) is 0 Å². The van der Waals surface area contributed by atoms with Crippen LogP contribution >= 0.6 is 11.3 Å². The molecular formula is C24H21N5O4S. The van der Waals surface area contributed by atoms with Crippen LogP contribution in [0, 0.1) is 6.92 Å². The van der Waals surface area contributed by atoms with Gasteiger partial charge in [-0.25, -0.2) is 9.78 Å². The molecule has 4 aromatic rings. The van der Waals surface area contributed by atoms with Crippen LogP contribution in [-0.4, -0.2) is 22.8 Å². The van der Waals surface area contributed by atoms with Gasteiger partial charge in [-0.15, -0.1) is 11.3 Å². The van der Waals surface area contributed by atoms with E-state index in [4.69, 9.17) is 4.42 Å². The number of para-hydroxylation sites is 1. The van der Waals surface area contributed by atoms with E-state index in [9.17, 15) is 14.4 Å². The minimum Gasteiger partial charge on any atom is -0.469 e. The lowest BCUT2D eigenvalue weighted by atomic mass is 10.2. The van der Waals surface area contributed by atoms with Crippen molar-refractivity contribution in [3.63, 3.8) is 0 Å². The Morgan fingerprint density at radius 1 is 0.853 bits per heavy atom. The standard InChI is InChI=1S/C24H21N5O4S/c1-15-20(11-12-33-15)22(31)29-24-28-19(14-34-24)13-21(30)25-17-7-9-18(10-8-17)27-23(32)26-16-5-3-2-4-6-16/h2-12,14H,13H2,1H3,(H,25,30)(H2,26,27,32)(H,28,29,31). The van der Waals surface area contributed by atoms with E-state index in [2.05, 4.69) is 26.3 Å². The summed E-state index contributed by atoms with van der Waals surface area (Å²) in [6.07, 6.45) is 1.50. The van der Waals surface area contributed by atoms with E-state index in [0.717, 1.165) is 0 Å². The zero-order chi connectivity index (χ0) is 23.9. The van der Waals surface area contributed by atoms with E-state index in [1.54, 1.807) is 54.8 Å². The molecule has 2 aromatic carbocycles. The lowest BCUT2D eigenvalue weighted by molar-refractivity contribution is -0.115. The number of nitrogens with zero attached hydrogens (tertiary/aromatic N) is 1.